The smallest absolute Gasteiger partial charge is 0.239 e. The van der Waals surface area contributed by atoms with E-state index in [1.165, 1.54) is 12.1 Å². The first-order valence-corrected chi connectivity index (χ1v) is 7.58. The van der Waals surface area contributed by atoms with E-state index in [0.717, 1.165) is 25.9 Å². The molecule has 2 fully saturated rings. The van der Waals surface area contributed by atoms with Crippen LogP contribution in [0.5, 0.6) is 5.75 Å². The first-order valence-electron chi connectivity index (χ1n) is 7.58. The van der Waals surface area contributed by atoms with Crippen molar-refractivity contribution in [1.29, 1.82) is 0 Å². The van der Waals surface area contributed by atoms with Crippen molar-refractivity contribution >= 4 is 5.91 Å². The molecule has 0 aliphatic carbocycles. The number of ether oxygens (including phenoxy) is 1. The Kier molecular flexibility index (Phi) is 4.10. The molecular formula is C16H21FN2O2. The van der Waals surface area contributed by atoms with Gasteiger partial charge in [-0.2, -0.15) is 0 Å². The van der Waals surface area contributed by atoms with Crippen molar-refractivity contribution in [3.63, 3.8) is 0 Å². The lowest BCUT2D eigenvalue weighted by molar-refractivity contribution is -0.143. The average molecular weight is 292 g/mol. The van der Waals surface area contributed by atoms with Gasteiger partial charge in [-0.15, -0.1) is 0 Å². The zero-order chi connectivity index (χ0) is 14.8. The third-order valence-electron chi connectivity index (χ3n) is 4.47. The molecule has 0 radical (unpaired) electrons. The minimum Gasteiger partial charge on any atom is -0.492 e. The van der Waals surface area contributed by atoms with E-state index < -0.39 is 0 Å². The van der Waals surface area contributed by atoms with Crippen LogP contribution < -0.4 is 4.74 Å². The maximum atomic E-state index is 12.8. The zero-order valence-corrected chi connectivity index (χ0v) is 12.3. The summed E-state index contributed by atoms with van der Waals surface area (Å²) in [7, 11) is 0. The van der Waals surface area contributed by atoms with E-state index in [9.17, 15) is 9.18 Å². The summed E-state index contributed by atoms with van der Waals surface area (Å²) in [5.74, 6) is 0.638. The summed E-state index contributed by atoms with van der Waals surface area (Å²) < 4.78 is 18.4. The third-order valence-corrected chi connectivity index (χ3v) is 4.47. The lowest BCUT2D eigenvalue weighted by atomic mass is 10.1. The van der Waals surface area contributed by atoms with Crippen molar-refractivity contribution in [2.45, 2.75) is 31.8 Å². The van der Waals surface area contributed by atoms with Gasteiger partial charge in [-0.1, -0.05) is 0 Å². The van der Waals surface area contributed by atoms with Gasteiger partial charge in [0.2, 0.25) is 5.91 Å². The molecule has 2 heterocycles. The van der Waals surface area contributed by atoms with E-state index in [0.29, 0.717) is 24.9 Å². The second-order valence-corrected chi connectivity index (χ2v) is 5.80. The normalized spacial score (nSPS) is 26.0. The SMILES string of the molecule is C[C@H]1C(=O)N2CCC[C@@H]2CN1CCOc1ccc(F)cc1. The number of halogens is 1. The van der Waals surface area contributed by atoms with E-state index in [-0.39, 0.29) is 17.8 Å². The highest BCUT2D eigenvalue weighted by atomic mass is 19.1. The topological polar surface area (TPSA) is 32.8 Å². The maximum Gasteiger partial charge on any atom is 0.239 e. The van der Waals surface area contributed by atoms with Crippen molar-refractivity contribution < 1.29 is 13.9 Å². The molecule has 0 bridgehead atoms. The van der Waals surface area contributed by atoms with Crippen LogP contribution in [0.15, 0.2) is 24.3 Å². The average Bonchev–Trinajstić information content (AvgIpc) is 2.95. The van der Waals surface area contributed by atoms with Crippen LogP contribution in [0.4, 0.5) is 4.39 Å². The fourth-order valence-corrected chi connectivity index (χ4v) is 3.24. The lowest BCUT2D eigenvalue weighted by Crippen LogP contribution is -2.59. The minimum absolute atomic E-state index is 0.0730. The van der Waals surface area contributed by atoms with Crippen LogP contribution in [0.1, 0.15) is 19.8 Å². The second kappa shape index (κ2) is 6.02. The number of piperazine rings is 1. The molecule has 1 aromatic rings. The predicted octanol–water partition coefficient (Wildman–Crippen LogP) is 1.90. The van der Waals surface area contributed by atoms with Crippen molar-refractivity contribution in [1.82, 2.24) is 9.80 Å². The van der Waals surface area contributed by atoms with Crippen LogP contribution >= 0.6 is 0 Å². The summed E-state index contributed by atoms with van der Waals surface area (Å²) in [4.78, 5) is 16.5. The Morgan fingerprint density at radius 2 is 2.10 bits per heavy atom. The number of hydrogen-bond acceptors (Lipinski definition) is 3. The van der Waals surface area contributed by atoms with Crippen molar-refractivity contribution in [2.75, 3.05) is 26.2 Å². The molecule has 1 amide bonds. The number of carbonyl (C=O) groups is 1. The van der Waals surface area contributed by atoms with Crippen molar-refractivity contribution in [3.8, 4) is 5.75 Å². The number of carbonyl (C=O) groups excluding carboxylic acids is 1. The van der Waals surface area contributed by atoms with Crippen molar-refractivity contribution in [3.05, 3.63) is 30.1 Å². The van der Waals surface area contributed by atoms with E-state index >= 15 is 0 Å². The largest absolute Gasteiger partial charge is 0.492 e. The molecule has 2 aliphatic rings. The number of rotatable bonds is 4. The number of hydrogen-bond donors (Lipinski definition) is 0. The quantitative estimate of drug-likeness (QED) is 0.850. The highest BCUT2D eigenvalue weighted by Gasteiger charge is 2.39. The summed E-state index contributed by atoms with van der Waals surface area (Å²) in [5.41, 5.74) is 0. The maximum absolute atomic E-state index is 12.8. The highest BCUT2D eigenvalue weighted by Crippen LogP contribution is 2.25. The molecule has 21 heavy (non-hydrogen) atoms. The Hall–Kier alpha value is -1.62. The fraction of sp³-hybridized carbons (Fsp3) is 0.562. The molecule has 2 atom stereocenters. The highest BCUT2D eigenvalue weighted by molar-refractivity contribution is 5.83. The summed E-state index contributed by atoms with van der Waals surface area (Å²) in [6.07, 6.45) is 2.22. The molecule has 0 spiro atoms. The van der Waals surface area contributed by atoms with Crippen LogP contribution in [-0.2, 0) is 4.79 Å². The Balaban J connectivity index is 1.52. The fourth-order valence-electron chi connectivity index (χ4n) is 3.24. The Morgan fingerprint density at radius 3 is 2.86 bits per heavy atom. The number of amides is 1. The van der Waals surface area contributed by atoms with Crippen LogP contribution in [0, 0.1) is 5.82 Å². The van der Waals surface area contributed by atoms with Crippen LogP contribution in [0.2, 0.25) is 0 Å². The van der Waals surface area contributed by atoms with Crippen LogP contribution in [0.3, 0.4) is 0 Å². The van der Waals surface area contributed by atoms with Gasteiger partial charge in [-0.05, 0) is 44.0 Å². The summed E-state index contributed by atoms with van der Waals surface area (Å²) in [6, 6.07) is 6.32. The molecule has 1 aromatic carbocycles. The molecule has 3 rings (SSSR count). The van der Waals surface area contributed by atoms with E-state index in [4.69, 9.17) is 4.74 Å². The summed E-state index contributed by atoms with van der Waals surface area (Å²) in [6.45, 7) is 5.03. The third kappa shape index (κ3) is 3.02. The van der Waals surface area contributed by atoms with E-state index in [1.54, 1.807) is 12.1 Å². The van der Waals surface area contributed by atoms with Crippen molar-refractivity contribution in [2.24, 2.45) is 0 Å². The van der Waals surface area contributed by atoms with Gasteiger partial charge in [0.1, 0.15) is 18.2 Å². The molecule has 2 aliphatic heterocycles. The molecule has 5 heteroatoms. The molecule has 0 saturated carbocycles. The second-order valence-electron chi connectivity index (χ2n) is 5.80. The van der Waals surface area contributed by atoms with Gasteiger partial charge in [0.15, 0.2) is 0 Å². The van der Waals surface area contributed by atoms with Crippen LogP contribution in [-0.4, -0.2) is 54.0 Å². The molecule has 0 N–H and O–H groups in total. The zero-order valence-electron chi connectivity index (χ0n) is 12.3. The van der Waals surface area contributed by atoms with Gasteiger partial charge >= 0.3 is 0 Å². The predicted molar refractivity (Wildman–Crippen MR) is 77.7 cm³/mol. The van der Waals surface area contributed by atoms with E-state index in [1.807, 2.05) is 11.8 Å². The Labute approximate surface area is 124 Å². The van der Waals surface area contributed by atoms with Crippen LogP contribution in [0.25, 0.3) is 0 Å². The number of nitrogens with zero attached hydrogens (tertiary/aromatic N) is 2. The lowest BCUT2D eigenvalue weighted by Gasteiger charge is -2.41. The van der Waals surface area contributed by atoms with Gasteiger partial charge in [-0.3, -0.25) is 9.69 Å². The minimum atomic E-state index is -0.265. The molecule has 0 unspecified atom stereocenters. The molecule has 114 valence electrons. The number of benzene rings is 1. The summed E-state index contributed by atoms with van der Waals surface area (Å²) >= 11 is 0. The van der Waals surface area contributed by atoms with E-state index in [2.05, 4.69) is 4.90 Å². The first kappa shape index (κ1) is 14.3. The van der Waals surface area contributed by atoms with Gasteiger partial charge in [0.05, 0.1) is 6.04 Å². The number of fused-ring (bicyclic) bond motifs is 1. The molecular weight excluding hydrogens is 271 g/mol. The summed E-state index contributed by atoms with van der Waals surface area (Å²) in [5, 5.41) is 0. The first-order chi connectivity index (χ1) is 10.1. The van der Waals surface area contributed by atoms with Gasteiger partial charge in [-0.25, -0.2) is 4.39 Å². The van der Waals surface area contributed by atoms with Gasteiger partial charge in [0, 0.05) is 25.7 Å². The monoisotopic (exact) mass is 292 g/mol. The molecule has 2 saturated heterocycles. The molecule has 0 aromatic heterocycles. The van der Waals surface area contributed by atoms with Gasteiger partial charge < -0.3 is 9.64 Å². The standard InChI is InChI=1S/C16H21FN2O2/c1-12-16(20)19-8-2-3-14(19)11-18(12)9-10-21-15-6-4-13(17)5-7-15/h4-7,12,14H,2-3,8-11H2,1H3/t12-,14+/m0/s1. The Bertz CT molecular complexity index is 506. The molecule has 4 nitrogen and oxygen atoms in total. The Morgan fingerprint density at radius 1 is 1.33 bits per heavy atom. The van der Waals surface area contributed by atoms with Gasteiger partial charge in [0.25, 0.3) is 0 Å².